The zero-order valence-electron chi connectivity index (χ0n) is 11.5. The van der Waals surface area contributed by atoms with Crippen LogP contribution >= 0.6 is 22.6 Å². The average Bonchev–Trinajstić information content (AvgIpc) is 2.46. The van der Waals surface area contributed by atoms with E-state index in [0.717, 1.165) is 20.3 Å². The molecule has 0 bridgehead atoms. The summed E-state index contributed by atoms with van der Waals surface area (Å²) in [5, 5.41) is 9.57. The summed E-state index contributed by atoms with van der Waals surface area (Å²) in [4.78, 5) is 0. The number of methoxy groups -OCH3 is 1. The van der Waals surface area contributed by atoms with Gasteiger partial charge in [-0.1, -0.05) is 30.3 Å². The first kappa shape index (κ1) is 15.1. The molecule has 0 saturated carbocycles. The van der Waals surface area contributed by atoms with Crippen molar-refractivity contribution >= 4 is 22.6 Å². The highest BCUT2D eigenvalue weighted by atomic mass is 127. The van der Waals surface area contributed by atoms with E-state index in [-0.39, 0.29) is 6.61 Å². The molecule has 0 heterocycles. The van der Waals surface area contributed by atoms with Gasteiger partial charge in [-0.15, -0.1) is 0 Å². The Kier molecular flexibility index (Phi) is 5.25. The first-order valence-corrected chi connectivity index (χ1v) is 7.38. The Labute approximate surface area is 132 Å². The van der Waals surface area contributed by atoms with Crippen molar-refractivity contribution in [2.75, 3.05) is 7.11 Å². The van der Waals surface area contributed by atoms with Gasteiger partial charge < -0.3 is 14.6 Å². The molecule has 0 aromatic heterocycles. The van der Waals surface area contributed by atoms with Crippen molar-refractivity contribution in [3.63, 3.8) is 0 Å². The fraction of sp³-hybridized carbons (Fsp3) is 0.250. The molecule has 0 atom stereocenters. The molecule has 0 spiro atoms. The van der Waals surface area contributed by atoms with Gasteiger partial charge in [0.2, 0.25) is 0 Å². The van der Waals surface area contributed by atoms with Crippen molar-refractivity contribution in [3.8, 4) is 11.5 Å². The zero-order valence-corrected chi connectivity index (χ0v) is 13.7. The zero-order chi connectivity index (χ0) is 14.5. The number of benzene rings is 2. The molecule has 2 aromatic rings. The minimum Gasteiger partial charge on any atom is -0.493 e. The lowest BCUT2D eigenvalue weighted by Gasteiger charge is -2.17. The van der Waals surface area contributed by atoms with Gasteiger partial charge in [-0.25, -0.2) is 0 Å². The highest BCUT2D eigenvalue weighted by Crippen LogP contribution is 2.38. The molecule has 3 nitrogen and oxygen atoms in total. The summed E-state index contributed by atoms with van der Waals surface area (Å²) in [5.41, 5.74) is 2.84. The van der Waals surface area contributed by atoms with Crippen LogP contribution in [0.15, 0.2) is 36.4 Å². The maximum Gasteiger partial charge on any atom is 0.168 e. The topological polar surface area (TPSA) is 38.7 Å². The molecule has 2 rings (SSSR count). The van der Waals surface area contributed by atoms with E-state index in [2.05, 4.69) is 22.6 Å². The SMILES string of the molecule is COc1c(C)cc(I)c(CO)c1OCc1ccccc1. The van der Waals surface area contributed by atoms with Gasteiger partial charge in [0, 0.05) is 9.13 Å². The minimum atomic E-state index is -0.0704. The molecular formula is C16H17IO3. The second-order valence-electron chi connectivity index (χ2n) is 4.45. The predicted octanol–water partition coefficient (Wildman–Crippen LogP) is 3.68. The Morgan fingerprint density at radius 3 is 2.45 bits per heavy atom. The Balaban J connectivity index is 2.34. The molecule has 0 aliphatic carbocycles. The molecule has 4 heteroatoms. The second-order valence-corrected chi connectivity index (χ2v) is 5.61. The monoisotopic (exact) mass is 384 g/mol. The smallest absolute Gasteiger partial charge is 0.168 e. The van der Waals surface area contributed by atoms with Crippen LogP contribution in [0.25, 0.3) is 0 Å². The van der Waals surface area contributed by atoms with E-state index in [9.17, 15) is 5.11 Å². The van der Waals surface area contributed by atoms with Gasteiger partial charge >= 0.3 is 0 Å². The first-order valence-electron chi connectivity index (χ1n) is 6.31. The summed E-state index contributed by atoms with van der Waals surface area (Å²) < 4.78 is 12.3. The van der Waals surface area contributed by atoms with Gasteiger partial charge in [0.15, 0.2) is 11.5 Å². The number of aliphatic hydroxyl groups is 1. The normalized spacial score (nSPS) is 10.4. The summed E-state index contributed by atoms with van der Waals surface area (Å²) in [6, 6.07) is 11.9. The number of hydrogen-bond donors (Lipinski definition) is 1. The van der Waals surface area contributed by atoms with E-state index >= 15 is 0 Å². The van der Waals surface area contributed by atoms with Crippen LogP contribution in [0.3, 0.4) is 0 Å². The first-order chi connectivity index (χ1) is 9.67. The number of aryl methyl sites for hydroxylation is 1. The molecule has 0 fully saturated rings. The third kappa shape index (κ3) is 3.24. The van der Waals surface area contributed by atoms with Gasteiger partial charge in [-0.3, -0.25) is 0 Å². The fourth-order valence-electron chi connectivity index (χ4n) is 2.05. The van der Waals surface area contributed by atoms with Crippen molar-refractivity contribution in [1.82, 2.24) is 0 Å². The van der Waals surface area contributed by atoms with E-state index in [0.29, 0.717) is 18.1 Å². The lowest BCUT2D eigenvalue weighted by atomic mass is 10.1. The van der Waals surface area contributed by atoms with E-state index in [1.165, 1.54) is 0 Å². The maximum atomic E-state index is 9.57. The van der Waals surface area contributed by atoms with Gasteiger partial charge in [0.05, 0.1) is 13.7 Å². The van der Waals surface area contributed by atoms with Crippen molar-refractivity contribution in [2.24, 2.45) is 0 Å². The fourth-order valence-corrected chi connectivity index (χ4v) is 2.93. The summed E-state index contributed by atoms with van der Waals surface area (Å²) in [6.45, 7) is 2.35. The summed E-state index contributed by atoms with van der Waals surface area (Å²) in [7, 11) is 1.62. The van der Waals surface area contributed by atoms with Crippen LogP contribution in [-0.2, 0) is 13.2 Å². The highest BCUT2D eigenvalue weighted by Gasteiger charge is 2.17. The van der Waals surface area contributed by atoms with Gasteiger partial charge in [0.1, 0.15) is 6.61 Å². The standard InChI is InChI=1S/C16H17IO3/c1-11-8-14(17)13(9-18)16(15(11)19-2)20-10-12-6-4-3-5-7-12/h3-8,18H,9-10H2,1-2H3. The Hall–Kier alpha value is -1.27. The molecule has 0 radical (unpaired) electrons. The molecule has 20 heavy (non-hydrogen) atoms. The Bertz CT molecular complexity index is 554. The molecule has 0 aliphatic heterocycles. The molecule has 0 aliphatic rings. The van der Waals surface area contributed by atoms with Gasteiger partial charge in [-0.2, -0.15) is 0 Å². The molecule has 2 aromatic carbocycles. The second kappa shape index (κ2) is 6.95. The quantitative estimate of drug-likeness (QED) is 0.800. The summed E-state index contributed by atoms with van der Waals surface area (Å²) >= 11 is 2.20. The van der Waals surface area contributed by atoms with Crippen LogP contribution in [0, 0.1) is 10.5 Å². The van der Waals surface area contributed by atoms with Crippen molar-refractivity contribution in [1.29, 1.82) is 0 Å². The maximum absolute atomic E-state index is 9.57. The van der Waals surface area contributed by atoms with Crippen LogP contribution in [-0.4, -0.2) is 12.2 Å². The van der Waals surface area contributed by atoms with E-state index in [1.54, 1.807) is 7.11 Å². The molecule has 106 valence electrons. The van der Waals surface area contributed by atoms with Crippen molar-refractivity contribution in [3.05, 3.63) is 56.7 Å². The number of ether oxygens (including phenoxy) is 2. The van der Waals surface area contributed by atoms with Crippen molar-refractivity contribution in [2.45, 2.75) is 20.1 Å². The van der Waals surface area contributed by atoms with Crippen LogP contribution in [0.5, 0.6) is 11.5 Å². The number of aliphatic hydroxyl groups excluding tert-OH is 1. The van der Waals surface area contributed by atoms with Crippen LogP contribution in [0.1, 0.15) is 16.7 Å². The lowest BCUT2D eigenvalue weighted by molar-refractivity contribution is 0.248. The molecular weight excluding hydrogens is 367 g/mol. The summed E-state index contributed by atoms with van der Waals surface area (Å²) in [6.07, 6.45) is 0. The Morgan fingerprint density at radius 1 is 1.15 bits per heavy atom. The van der Waals surface area contributed by atoms with Crippen molar-refractivity contribution < 1.29 is 14.6 Å². The number of hydrogen-bond acceptors (Lipinski definition) is 3. The predicted molar refractivity (Wildman–Crippen MR) is 87.1 cm³/mol. The minimum absolute atomic E-state index is 0.0704. The van der Waals surface area contributed by atoms with Crippen LogP contribution < -0.4 is 9.47 Å². The number of rotatable bonds is 5. The lowest BCUT2D eigenvalue weighted by Crippen LogP contribution is -2.04. The third-order valence-corrected chi connectivity index (χ3v) is 4.02. The molecule has 1 N–H and O–H groups in total. The molecule has 0 unspecified atom stereocenters. The number of halogens is 1. The summed E-state index contributed by atoms with van der Waals surface area (Å²) in [5.74, 6) is 1.31. The van der Waals surface area contributed by atoms with Gasteiger partial charge in [-0.05, 0) is 46.7 Å². The molecule has 0 saturated heterocycles. The van der Waals surface area contributed by atoms with Crippen LogP contribution in [0.4, 0.5) is 0 Å². The molecule has 0 amide bonds. The third-order valence-electron chi connectivity index (χ3n) is 3.06. The highest BCUT2D eigenvalue weighted by molar-refractivity contribution is 14.1. The van der Waals surface area contributed by atoms with Gasteiger partial charge in [0.25, 0.3) is 0 Å². The van der Waals surface area contributed by atoms with Crippen LogP contribution in [0.2, 0.25) is 0 Å². The largest absolute Gasteiger partial charge is 0.493 e. The van der Waals surface area contributed by atoms with E-state index in [4.69, 9.17) is 9.47 Å². The average molecular weight is 384 g/mol. The van der Waals surface area contributed by atoms with E-state index in [1.807, 2.05) is 43.3 Å². The van der Waals surface area contributed by atoms with E-state index < -0.39 is 0 Å². The Morgan fingerprint density at radius 2 is 1.85 bits per heavy atom.